The number of primary amides is 1. The number of rotatable bonds is 2. The first kappa shape index (κ1) is 14.3. The van der Waals surface area contributed by atoms with Gasteiger partial charge in [-0.1, -0.05) is 0 Å². The number of carbonyl (C=O) groups is 2. The topological polar surface area (TPSA) is 98.7 Å². The van der Waals surface area contributed by atoms with E-state index < -0.39 is 5.41 Å². The van der Waals surface area contributed by atoms with E-state index >= 15 is 0 Å². The first-order chi connectivity index (χ1) is 8.86. The molecule has 4 atom stereocenters. The average Bonchev–Trinajstić information content (AvgIpc) is 2.70. The summed E-state index contributed by atoms with van der Waals surface area (Å²) in [6.07, 6.45) is 1.55. The lowest BCUT2D eigenvalue weighted by molar-refractivity contribution is -0.147. The van der Waals surface area contributed by atoms with Crippen molar-refractivity contribution in [2.45, 2.75) is 38.8 Å². The minimum atomic E-state index is -0.687. The molecule has 2 amide bonds. The minimum Gasteiger partial charge on any atom is -0.379 e. The van der Waals surface area contributed by atoms with Gasteiger partial charge in [0, 0.05) is 18.6 Å². The van der Waals surface area contributed by atoms with Gasteiger partial charge in [0.05, 0.1) is 24.5 Å². The molecule has 2 heterocycles. The largest absolute Gasteiger partial charge is 0.379 e. The molecular formula is C13H23N3O3. The summed E-state index contributed by atoms with van der Waals surface area (Å²) < 4.78 is 5.33. The van der Waals surface area contributed by atoms with Gasteiger partial charge in [-0.25, -0.2) is 0 Å². The van der Waals surface area contributed by atoms with Crippen LogP contribution in [-0.2, 0) is 14.3 Å². The van der Waals surface area contributed by atoms with Gasteiger partial charge in [-0.2, -0.15) is 0 Å². The molecule has 6 heteroatoms. The molecular weight excluding hydrogens is 246 g/mol. The highest BCUT2D eigenvalue weighted by molar-refractivity contribution is 5.85. The molecule has 0 aliphatic carbocycles. The van der Waals surface area contributed by atoms with Gasteiger partial charge < -0.3 is 21.1 Å². The summed E-state index contributed by atoms with van der Waals surface area (Å²) >= 11 is 0. The maximum Gasteiger partial charge on any atom is 0.232 e. The summed E-state index contributed by atoms with van der Waals surface area (Å²) in [5.41, 5.74) is 10.7. The summed E-state index contributed by atoms with van der Waals surface area (Å²) in [5.74, 6) is -0.597. The molecule has 2 aliphatic rings. The van der Waals surface area contributed by atoms with Crippen LogP contribution in [0.3, 0.4) is 0 Å². The molecule has 4 N–H and O–H groups in total. The van der Waals surface area contributed by atoms with Crippen molar-refractivity contribution in [2.24, 2.45) is 22.8 Å². The number of nitrogens with two attached hydrogens (primary N) is 2. The summed E-state index contributed by atoms with van der Waals surface area (Å²) in [6, 6.07) is -0.172. The third-order valence-electron chi connectivity index (χ3n) is 4.55. The summed E-state index contributed by atoms with van der Waals surface area (Å²) in [5, 5.41) is 0. The second-order valence-corrected chi connectivity index (χ2v) is 6.02. The van der Waals surface area contributed by atoms with E-state index in [1.807, 2.05) is 13.8 Å². The third-order valence-corrected chi connectivity index (χ3v) is 4.55. The summed E-state index contributed by atoms with van der Waals surface area (Å²) in [4.78, 5) is 25.8. The Balaban J connectivity index is 2.14. The van der Waals surface area contributed by atoms with Crippen molar-refractivity contribution in [3.8, 4) is 0 Å². The predicted molar refractivity (Wildman–Crippen MR) is 70.0 cm³/mol. The Labute approximate surface area is 113 Å². The molecule has 0 bridgehead atoms. The highest BCUT2D eigenvalue weighted by Gasteiger charge is 2.48. The Morgan fingerprint density at radius 1 is 1.37 bits per heavy atom. The number of nitrogens with zero attached hydrogens (tertiary/aromatic N) is 1. The first-order valence-corrected chi connectivity index (χ1v) is 6.80. The molecule has 4 unspecified atom stereocenters. The zero-order chi connectivity index (χ0) is 14.2. The fourth-order valence-corrected chi connectivity index (χ4v) is 2.86. The molecule has 0 radical (unpaired) electrons. The van der Waals surface area contributed by atoms with Gasteiger partial charge in [-0.3, -0.25) is 9.59 Å². The fourth-order valence-electron chi connectivity index (χ4n) is 2.86. The Kier molecular flexibility index (Phi) is 3.82. The lowest BCUT2D eigenvalue weighted by Gasteiger charge is -2.41. The van der Waals surface area contributed by atoms with Crippen LogP contribution >= 0.6 is 0 Å². The molecule has 2 fully saturated rings. The Morgan fingerprint density at radius 2 is 2.05 bits per heavy atom. The second kappa shape index (κ2) is 5.09. The molecule has 0 aromatic rings. The van der Waals surface area contributed by atoms with E-state index in [0.29, 0.717) is 19.8 Å². The molecule has 108 valence electrons. The van der Waals surface area contributed by atoms with Gasteiger partial charge >= 0.3 is 0 Å². The van der Waals surface area contributed by atoms with Crippen LogP contribution in [0.4, 0.5) is 0 Å². The van der Waals surface area contributed by atoms with Gasteiger partial charge in [-0.15, -0.1) is 0 Å². The van der Waals surface area contributed by atoms with E-state index in [-0.39, 0.29) is 29.8 Å². The molecule has 2 aliphatic heterocycles. The Hall–Kier alpha value is -1.14. The summed E-state index contributed by atoms with van der Waals surface area (Å²) in [7, 11) is 0. The van der Waals surface area contributed by atoms with E-state index in [2.05, 4.69) is 0 Å². The molecule has 2 rings (SSSR count). The highest BCUT2D eigenvalue weighted by Crippen LogP contribution is 2.33. The Bertz CT molecular complexity index is 387. The Morgan fingerprint density at radius 3 is 2.58 bits per heavy atom. The fraction of sp³-hybridized carbons (Fsp3) is 0.846. The number of ether oxygens (including phenoxy) is 1. The normalized spacial score (nSPS) is 39.3. The van der Waals surface area contributed by atoms with E-state index in [4.69, 9.17) is 16.2 Å². The number of carbonyl (C=O) groups excluding carboxylic acids is 2. The van der Waals surface area contributed by atoms with Crippen molar-refractivity contribution in [1.82, 2.24) is 4.90 Å². The van der Waals surface area contributed by atoms with Crippen LogP contribution in [0.2, 0.25) is 0 Å². The van der Waals surface area contributed by atoms with Crippen molar-refractivity contribution in [2.75, 3.05) is 19.8 Å². The molecule has 0 saturated carbocycles. The van der Waals surface area contributed by atoms with Gasteiger partial charge in [0.1, 0.15) is 0 Å². The highest BCUT2D eigenvalue weighted by atomic mass is 16.5. The maximum atomic E-state index is 12.7. The van der Waals surface area contributed by atoms with Crippen LogP contribution < -0.4 is 11.5 Å². The standard InChI is InChI=1S/C13H23N3O3/c1-8-3-4-9(11(15)17)5-16(8)12(18)13(2)7-19-6-10(13)14/h8-10H,3-7,14H2,1-2H3,(H2,15,17). The van der Waals surface area contributed by atoms with Crippen molar-refractivity contribution >= 4 is 11.8 Å². The lowest BCUT2D eigenvalue weighted by Crippen LogP contribution is -2.57. The van der Waals surface area contributed by atoms with Gasteiger partial charge in [0.15, 0.2) is 0 Å². The number of piperidine rings is 1. The molecule has 0 spiro atoms. The van der Waals surface area contributed by atoms with Crippen LogP contribution in [-0.4, -0.2) is 48.6 Å². The minimum absolute atomic E-state index is 0.0176. The number of amides is 2. The van der Waals surface area contributed by atoms with Crippen LogP contribution in [0, 0.1) is 11.3 Å². The lowest BCUT2D eigenvalue weighted by atomic mass is 9.82. The smallest absolute Gasteiger partial charge is 0.232 e. The zero-order valence-corrected chi connectivity index (χ0v) is 11.6. The quantitative estimate of drug-likeness (QED) is 0.703. The monoisotopic (exact) mass is 269 g/mol. The van der Waals surface area contributed by atoms with Crippen molar-refractivity contribution in [3.63, 3.8) is 0 Å². The van der Waals surface area contributed by atoms with E-state index in [1.54, 1.807) is 4.90 Å². The number of hydrogen-bond acceptors (Lipinski definition) is 4. The van der Waals surface area contributed by atoms with E-state index in [1.165, 1.54) is 0 Å². The first-order valence-electron chi connectivity index (χ1n) is 6.80. The van der Waals surface area contributed by atoms with Crippen molar-refractivity contribution in [3.05, 3.63) is 0 Å². The molecule has 2 saturated heterocycles. The maximum absolute atomic E-state index is 12.7. The van der Waals surface area contributed by atoms with Gasteiger partial charge in [0.25, 0.3) is 0 Å². The predicted octanol–water partition coefficient (Wildman–Crippen LogP) is -0.537. The molecule has 6 nitrogen and oxygen atoms in total. The molecule has 0 aromatic carbocycles. The van der Waals surface area contributed by atoms with Crippen LogP contribution in [0.1, 0.15) is 26.7 Å². The van der Waals surface area contributed by atoms with Crippen LogP contribution in [0.25, 0.3) is 0 Å². The molecule has 19 heavy (non-hydrogen) atoms. The summed E-state index contributed by atoms with van der Waals surface area (Å²) in [6.45, 7) is 4.99. The van der Waals surface area contributed by atoms with Gasteiger partial charge in [-0.05, 0) is 26.7 Å². The third kappa shape index (κ3) is 2.47. The SMILES string of the molecule is CC1CCC(C(N)=O)CN1C(=O)C1(C)COCC1N. The zero-order valence-electron chi connectivity index (χ0n) is 11.6. The second-order valence-electron chi connectivity index (χ2n) is 6.02. The van der Waals surface area contributed by atoms with Crippen LogP contribution in [0.15, 0.2) is 0 Å². The van der Waals surface area contributed by atoms with Crippen molar-refractivity contribution in [1.29, 1.82) is 0 Å². The van der Waals surface area contributed by atoms with E-state index in [0.717, 1.165) is 12.8 Å². The van der Waals surface area contributed by atoms with Gasteiger partial charge in [0.2, 0.25) is 11.8 Å². The number of likely N-dealkylation sites (tertiary alicyclic amines) is 1. The molecule has 0 aromatic heterocycles. The van der Waals surface area contributed by atoms with Crippen LogP contribution in [0.5, 0.6) is 0 Å². The average molecular weight is 269 g/mol. The van der Waals surface area contributed by atoms with Crippen molar-refractivity contribution < 1.29 is 14.3 Å². The number of hydrogen-bond donors (Lipinski definition) is 2. The van der Waals surface area contributed by atoms with E-state index in [9.17, 15) is 9.59 Å².